The number of carbonyl (C=O) groups excluding carboxylic acids is 1. The Morgan fingerprint density at radius 2 is 2.07 bits per heavy atom. The standard InChI is InChI=1S/C18H16ClF3N6O/c19-14-4-3-12(8-13(14)18(20,21)22)24-17(29)11-2-1-7-27(9-11)16-6-5-15-25-23-10-28(15)26-16/h3-6,8,10-11H,1-2,7,9H2,(H,24,29)/t11-/m1/s1. The predicted molar refractivity (Wildman–Crippen MR) is 101 cm³/mol. The Morgan fingerprint density at radius 1 is 1.24 bits per heavy atom. The van der Waals surface area contributed by atoms with Crippen LogP contribution in [-0.2, 0) is 11.0 Å². The fourth-order valence-electron chi connectivity index (χ4n) is 3.35. The topological polar surface area (TPSA) is 75.4 Å². The molecule has 1 aliphatic heterocycles. The van der Waals surface area contributed by atoms with Crippen molar-refractivity contribution < 1.29 is 18.0 Å². The van der Waals surface area contributed by atoms with Crippen molar-refractivity contribution in [3.63, 3.8) is 0 Å². The van der Waals surface area contributed by atoms with Gasteiger partial charge < -0.3 is 10.2 Å². The fraction of sp³-hybridized carbons (Fsp3) is 0.333. The molecule has 152 valence electrons. The second-order valence-electron chi connectivity index (χ2n) is 6.79. The largest absolute Gasteiger partial charge is 0.417 e. The summed E-state index contributed by atoms with van der Waals surface area (Å²) in [7, 11) is 0. The summed E-state index contributed by atoms with van der Waals surface area (Å²) in [6.45, 7) is 1.13. The van der Waals surface area contributed by atoms with Gasteiger partial charge in [-0.15, -0.1) is 15.3 Å². The normalized spacial score (nSPS) is 17.5. The Morgan fingerprint density at radius 3 is 2.86 bits per heavy atom. The summed E-state index contributed by atoms with van der Waals surface area (Å²) in [5, 5.41) is 14.3. The SMILES string of the molecule is O=C(Nc1ccc(Cl)c(C(F)(F)F)c1)[C@@H]1CCCN(c2ccc3nncn3n2)C1. The van der Waals surface area contributed by atoms with E-state index in [1.807, 2.05) is 4.90 Å². The van der Waals surface area contributed by atoms with E-state index in [0.717, 1.165) is 25.1 Å². The molecule has 1 fully saturated rings. The van der Waals surface area contributed by atoms with Crippen LogP contribution in [0.25, 0.3) is 5.65 Å². The zero-order valence-corrected chi connectivity index (χ0v) is 15.8. The molecule has 2 aromatic heterocycles. The van der Waals surface area contributed by atoms with Crippen molar-refractivity contribution in [3.8, 4) is 0 Å². The molecule has 0 spiro atoms. The third kappa shape index (κ3) is 4.12. The van der Waals surface area contributed by atoms with Crippen molar-refractivity contribution in [2.75, 3.05) is 23.3 Å². The van der Waals surface area contributed by atoms with E-state index >= 15 is 0 Å². The van der Waals surface area contributed by atoms with Crippen LogP contribution in [0, 0.1) is 5.92 Å². The second kappa shape index (κ2) is 7.51. The number of nitrogens with zero attached hydrogens (tertiary/aromatic N) is 5. The monoisotopic (exact) mass is 424 g/mol. The lowest BCUT2D eigenvalue weighted by Gasteiger charge is -2.32. The summed E-state index contributed by atoms with van der Waals surface area (Å²) in [4.78, 5) is 14.6. The van der Waals surface area contributed by atoms with Gasteiger partial charge in [-0.3, -0.25) is 4.79 Å². The van der Waals surface area contributed by atoms with E-state index in [1.54, 1.807) is 16.6 Å². The van der Waals surface area contributed by atoms with Crippen LogP contribution in [0.2, 0.25) is 5.02 Å². The van der Waals surface area contributed by atoms with Crippen LogP contribution in [0.15, 0.2) is 36.7 Å². The second-order valence-corrected chi connectivity index (χ2v) is 7.20. The summed E-state index contributed by atoms with van der Waals surface area (Å²) >= 11 is 5.63. The highest BCUT2D eigenvalue weighted by Crippen LogP contribution is 2.36. The minimum absolute atomic E-state index is 0.0629. The maximum absolute atomic E-state index is 13.0. The molecule has 0 bridgehead atoms. The summed E-state index contributed by atoms with van der Waals surface area (Å²) in [5.41, 5.74) is -0.301. The summed E-state index contributed by atoms with van der Waals surface area (Å²) in [5.74, 6) is -0.0386. The molecule has 1 aromatic carbocycles. The van der Waals surface area contributed by atoms with Crippen LogP contribution in [-0.4, -0.2) is 38.8 Å². The molecule has 0 unspecified atom stereocenters. The number of alkyl halides is 3. The number of aromatic nitrogens is 4. The number of halogens is 4. The van der Waals surface area contributed by atoms with E-state index in [0.29, 0.717) is 24.4 Å². The smallest absolute Gasteiger partial charge is 0.354 e. The number of hydrogen-bond donors (Lipinski definition) is 1. The number of nitrogens with one attached hydrogen (secondary N) is 1. The molecule has 1 atom stereocenters. The van der Waals surface area contributed by atoms with Crippen molar-refractivity contribution in [1.82, 2.24) is 19.8 Å². The van der Waals surface area contributed by atoms with E-state index in [1.165, 1.54) is 12.4 Å². The van der Waals surface area contributed by atoms with Crippen molar-refractivity contribution >= 4 is 34.7 Å². The molecule has 1 amide bonds. The Labute approximate surface area is 168 Å². The number of rotatable bonds is 3. The number of benzene rings is 1. The van der Waals surface area contributed by atoms with Crippen molar-refractivity contribution in [2.45, 2.75) is 19.0 Å². The lowest BCUT2D eigenvalue weighted by atomic mass is 9.97. The van der Waals surface area contributed by atoms with Gasteiger partial charge in [-0.2, -0.15) is 17.7 Å². The van der Waals surface area contributed by atoms with Crippen LogP contribution in [0.1, 0.15) is 18.4 Å². The summed E-state index contributed by atoms with van der Waals surface area (Å²) in [6.07, 6.45) is -1.71. The number of carbonyl (C=O) groups is 1. The minimum atomic E-state index is -4.59. The van der Waals surface area contributed by atoms with Crippen LogP contribution in [0.3, 0.4) is 0 Å². The van der Waals surface area contributed by atoms with Gasteiger partial charge in [0, 0.05) is 18.8 Å². The van der Waals surface area contributed by atoms with Crippen molar-refractivity contribution in [2.24, 2.45) is 5.92 Å². The molecular formula is C18H16ClF3N6O. The molecule has 3 heterocycles. The third-order valence-corrected chi connectivity index (χ3v) is 5.13. The van der Waals surface area contributed by atoms with Gasteiger partial charge in [-0.25, -0.2) is 0 Å². The molecular weight excluding hydrogens is 409 g/mol. The average Bonchev–Trinajstić information content (AvgIpc) is 3.16. The van der Waals surface area contributed by atoms with Gasteiger partial charge in [0.2, 0.25) is 5.91 Å². The van der Waals surface area contributed by atoms with Gasteiger partial charge in [0.15, 0.2) is 5.65 Å². The van der Waals surface area contributed by atoms with Crippen LogP contribution < -0.4 is 10.2 Å². The zero-order valence-electron chi connectivity index (χ0n) is 15.0. The van der Waals surface area contributed by atoms with Gasteiger partial charge in [-0.1, -0.05) is 11.6 Å². The Hall–Kier alpha value is -2.88. The van der Waals surface area contributed by atoms with Crippen molar-refractivity contribution in [1.29, 1.82) is 0 Å². The third-order valence-electron chi connectivity index (χ3n) is 4.80. The molecule has 0 radical (unpaired) electrons. The molecule has 11 heteroatoms. The number of amides is 1. The minimum Gasteiger partial charge on any atom is -0.354 e. The fourth-order valence-corrected chi connectivity index (χ4v) is 3.58. The highest BCUT2D eigenvalue weighted by molar-refractivity contribution is 6.31. The van der Waals surface area contributed by atoms with E-state index in [9.17, 15) is 18.0 Å². The van der Waals surface area contributed by atoms with E-state index in [2.05, 4.69) is 20.6 Å². The molecule has 1 aliphatic rings. The zero-order chi connectivity index (χ0) is 20.6. The first-order chi connectivity index (χ1) is 13.8. The van der Waals surface area contributed by atoms with Gasteiger partial charge in [0.1, 0.15) is 12.1 Å². The van der Waals surface area contributed by atoms with E-state index in [-0.39, 0.29) is 17.5 Å². The van der Waals surface area contributed by atoms with E-state index in [4.69, 9.17) is 11.6 Å². The number of fused-ring (bicyclic) bond motifs is 1. The molecule has 0 aliphatic carbocycles. The summed E-state index contributed by atoms with van der Waals surface area (Å²) < 4.78 is 40.6. The maximum Gasteiger partial charge on any atom is 0.417 e. The van der Waals surface area contributed by atoms with Gasteiger partial charge in [0.05, 0.1) is 16.5 Å². The van der Waals surface area contributed by atoms with Gasteiger partial charge >= 0.3 is 6.18 Å². The lowest BCUT2D eigenvalue weighted by molar-refractivity contribution is -0.137. The number of hydrogen-bond acceptors (Lipinski definition) is 5. The first-order valence-electron chi connectivity index (χ1n) is 8.91. The number of anilines is 2. The molecule has 3 aromatic rings. The Bertz CT molecular complexity index is 1050. The lowest BCUT2D eigenvalue weighted by Crippen LogP contribution is -2.41. The Balaban J connectivity index is 1.47. The number of piperidine rings is 1. The maximum atomic E-state index is 13.0. The summed E-state index contributed by atoms with van der Waals surface area (Å²) in [6, 6.07) is 6.93. The average molecular weight is 425 g/mol. The van der Waals surface area contributed by atoms with Crippen LogP contribution >= 0.6 is 11.6 Å². The molecule has 4 rings (SSSR count). The Kier molecular flexibility index (Phi) is 5.03. The first-order valence-corrected chi connectivity index (χ1v) is 9.29. The first kappa shape index (κ1) is 19.4. The quantitative estimate of drug-likeness (QED) is 0.694. The molecule has 1 N–H and O–H groups in total. The highest BCUT2D eigenvalue weighted by Gasteiger charge is 2.34. The van der Waals surface area contributed by atoms with Crippen LogP contribution in [0.4, 0.5) is 24.7 Å². The van der Waals surface area contributed by atoms with Gasteiger partial charge in [-0.05, 0) is 43.2 Å². The van der Waals surface area contributed by atoms with Gasteiger partial charge in [0.25, 0.3) is 0 Å². The highest BCUT2D eigenvalue weighted by atomic mass is 35.5. The molecule has 7 nitrogen and oxygen atoms in total. The van der Waals surface area contributed by atoms with E-state index < -0.39 is 16.8 Å². The molecule has 29 heavy (non-hydrogen) atoms. The van der Waals surface area contributed by atoms with Crippen molar-refractivity contribution in [3.05, 3.63) is 47.2 Å². The molecule has 1 saturated heterocycles. The molecule has 0 saturated carbocycles. The predicted octanol–water partition coefficient (Wildman–Crippen LogP) is 3.65. The van der Waals surface area contributed by atoms with Crippen LogP contribution in [0.5, 0.6) is 0 Å².